The number of Topliss-reactive ketones (excluding diaryl/α,β-unsaturated/α-hetero) is 1. The Bertz CT molecular complexity index is 638. The van der Waals surface area contributed by atoms with Gasteiger partial charge in [0.1, 0.15) is 5.78 Å². The zero-order valence-corrected chi connectivity index (χ0v) is 12.7. The lowest BCUT2D eigenvalue weighted by Crippen LogP contribution is -2.33. The maximum atomic E-state index is 12.6. The third-order valence-electron chi connectivity index (χ3n) is 3.81. The van der Waals surface area contributed by atoms with Crippen LogP contribution in [-0.2, 0) is 17.8 Å². The monoisotopic (exact) mass is 329 g/mol. The number of carbonyl (C=O) groups excluding carboxylic acids is 1. The summed E-state index contributed by atoms with van der Waals surface area (Å²) in [6.07, 6.45) is 0.474. The van der Waals surface area contributed by atoms with E-state index in [1.54, 1.807) is 0 Å². The summed E-state index contributed by atoms with van der Waals surface area (Å²) in [6.45, 7) is 1.59. The van der Waals surface area contributed by atoms with Crippen LogP contribution in [-0.4, -0.2) is 12.3 Å². The smallest absolute Gasteiger partial charge is 0.146 e. The second-order valence-electron chi connectivity index (χ2n) is 5.12. The predicted octanol–water partition coefficient (Wildman–Crippen LogP) is 3.45. The first-order valence-corrected chi connectivity index (χ1v) is 7.59. The van der Waals surface area contributed by atoms with E-state index in [2.05, 4.69) is 33.4 Å². The number of benzene rings is 2. The Balaban J connectivity index is 1.84. The highest BCUT2D eigenvalue weighted by atomic mass is 79.9. The van der Waals surface area contributed by atoms with E-state index in [9.17, 15) is 4.79 Å². The number of rotatable bonds is 3. The number of halogens is 1. The highest BCUT2D eigenvalue weighted by molar-refractivity contribution is 9.10. The van der Waals surface area contributed by atoms with E-state index in [0.717, 1.165) is 23.1 Å². The summed E-state index contributed by atoms with van der Waals surface area (Å²) in [5, 5.41) is 3.34. The lowest BCUT2D eigenvalue weighted by atomic mass is 9.85. The number of hydrogen-bond acceptors (Lipinski definition) is 2. The molecule has 0 aromatic heterocycles. The van der Waals surface area contributed by atoms with Crippen molar-refractivity contribution >= 4 is 21.7 Å². The van der Waals surface area contributed by atoms with Crippen LogP contribution in [0.5, 0.6) is 0 Å². The topological polar surface area (TPSA) is 29.1 Å². The molecule has 0 saturated carbocycles. The molecule has 2 nitrogen and oxygen atoms in total. The van der Waals surface area contributed by atoms with E-state index in [-0.39, 0.29) is 11.7 Å². The molecular weight excluding hydrogens is 314 g/mol. The van der Waals surface area contributed by atoms with Crippen LogP contribution < -0.4 is 5.32 Å². The second kappa shape index (κ2) is 5.90. The Morgan fingerprint density at radius 2 is 1.90 bits per heavy atom. The van der Waals surface area contributed by atoms with Gasteiger partial charge in [-0.25, -0.2) is 0 Å². The zero-order valence-electron chi connectivity index (χ0n) is 11.1. The third-order valence-corrected chi connectivity index (χ3v) is 4.58. The van der Waals surface area contributed by atoms with Crippen molar-refractivity contribution in [2.24, 2.45) is 0 Å². The van der Waals surface area contributed by atoms with E-state index in [1.165, 1.54) is 11.1 Å². The number of ketones is 1. The molecule has 20 heavy (non-hydrogen) atoms. The van der Waals surface area contributed by atoms with Gasteiger partial charge >= 0.3 is 0 Å². The molecule has 3 rings (SSSR count). The van der Waals surface area contributed by atoms with Crippen LogP contribution in [0.15, 0.2) is 53.0 Å². The zero-order chi connectivity index (χ0) is 13.9. The van der Waals surface area contributed by atoms with Gasteiger partial charge in [-0.1, -0.05) is 58.4 Å². The first-order valence-electron chi connectivity index (χ1n) is 6.80. The number of carbonyl (C=O) groups is 1. The van der Waals surface area contributed by atoms with Crippen LogP contribution in [0.2, 0.25) is 0 Å². The SMILES string of the molecule is O=C(Cc1ccccc1Br)C1CNCc2ccccc21. The molecule has 1 aliphatic heterocycles. The van der Waals surface area contributed by atoms with Crippen molar-refractivity contribution in [3.63, 3.8) is 0 Å². The molecule has 0 radical (unpaired) electrons. The fourth-order valence-corrected chi connectivity index (χ4v) is 3.16. The van der Waals surface area contributed by atoms with Crippen LogP contribution in [0.25, 0.3) is 0 Å². The van der Waals surface area contributed by atoms with Gasteiger partial charge in [-0.05, 0) is 22.8 Å². The van der Waals surface area contributed by atoms with Crippen molar-refractivity contribution in [2.45, 2.75) is 18.9 Å². The van der Waals surface area contributed by atoms with Crippen LogP contribution in [0.4, 0.5) is 0 Å². The molecule has 0 amide bonds. The highest BCUT2D eigenvalue weighted by Gasteiger charge is 2.26. The van der Waals surface area contributed by atoms with E-state index in [0.29, 0.717) is 6.42 Å². The van der Waals surface area contributed by atoms with Gasteiger partial charge < -0.3 is 5.32 Å². The van der Waals surface area contributed by atoms with Crippen molar-refractivity contribution in [3.05, 3.63) is 69.7 Å². The van der Waals surface area contributed by atoms with Gasteiger partial charge in [-0.3, -0.25) is 4.79 Å². The standard InChI is InChI=1S/C17H16BrNO/c18-16-8-4-2-5-12(16)9-17(20)15-11-19-10-13-6-1-3-7-14(13)15/h1-8,15,19H,9-11H2. The Labute approximate surface area is 127 Å². The summed E-state index contributed by atoms with van der Waals surface area (Å²) >= 11 is 3.51. The fourth-order valence-electron chi connectivity index (χ4n) is 2.74. The normalized spacial score (nSPS) is 17.6. The molecule has 3 heteroatoms. The molecular formula is C17H16BrNO. The van der Waals surface area contributed by atoms with Crippen LogP contribution >= 0.6 is 15.9 Å². The average Bonchev–Trinajstić information content (AvgIpc) is 2.49. The first kappa shape index (κ1) is 13.5. The number of fused-ring (bicyclic) bond motifs is 1. The van der Waals surface area contributed by atoms with Gasteiger partial charge in [-0.2, -0.15) is 0 Å². The molecule has 102 valence electrons. The molecule has 2 aromatic rings. The van der Waals surface area contributed by atoms with Crippen LogP contribution in [0, 0.1) is 0 Å². The number of nitrogens with one attached hydrogen (secondary N) is 1. The molecule has 1 atom stereocenters. The summed E-state index contributed by atoms with van der Waals surface area (Å²) in [5.41, 5.74) is 3.48. The minimum Gasteiger partial charge on any atom is -0.312 e. The molecule has 1 unspecified atom stereocenters. The van der Waals surface area contributed by atoms with Crippen LogP contribution in [0.3, 0.4) is 0 Å². The quantitative estimate of drug-likeness (QED) is 0.934. The summed E-state index contributed by atoms with van der Waals surface area (Å²) in [5.74, 6) is 0.239. The van der Waals surface area contributed by atoms with Gasteiger partial charge in [0.15, 0.2) is 0 Å². The molecule has 1 N–H and O–H groups in total. The van der Waals surface area contributed by atoms with Crippen molar-refractivity contribution in [1.29, 1.82) is 0 Å². The molecule has 0 saturated heterocycles. The Morgan fingerprint density at radius 3 is 2.75 bits per heavy atom. The second-order valence-corrected chi connectivity index (χ2v) is 5.97. The van der Waals surface area contributed by atoms with Crippen molar-refractivity contribution < 1.29 is 4.79 Å². The summed E-state index contributed by atoms with van der Waals surface area (Å²) in [4.78, 5) is 12.6. The van der Waals surface area contributed by atoms with Crippen molar-refractivity contribution in [1.82, 2.24) is 5.32 Å². The minimum absolute atomic E-state index is 0.0351. The first-order chi connectivity index (χ1) is 9.75. The lowest BCUT2D eigenvalue weighted by molar-refractivity contribution is -0.119. The molecule has 0 aliphatic carbocycles. The fraction of sp³-hybridized carbons (Fsp3) is 0.235. The largest absolute Gasteiger partial charge is 0.312 e. The highest BCUT2D eigenvalue weighted by Crippen LogP contribution is 2.27. The van der Waals surface area contributed by atoms with Crippen molar-refractivity contribution in [2.75, 3.05) is 6.54 Å². The number of hydrogen-bond donors (Lipinski definition) is 1. The molecule has 1 heterocycles. The Kier molecular flexibility index (Phi) is 3.99. The van der Waals surface area contributed by atoms with Gasteiger partial charge in [-0.15, -0.1) is 0 Å². The van der Waals surface area contributed by atoms with E-state index >= 15 is 0 Å². The van der Waals surface area contributed by atoms with E-state index in [4.69, 9.17) is 0 Å². The Morgan fingerprint density at radius 1 is 1.15 bits per heavy atom. The van der Waals surface area contributed by atoms with Gasteiger partial charge in [0.25, 0.3) is 0 Å². The van der Waals surface area contributed by atoms with Gasteiger partial charge in [0.05, 0.1) is 5.92 Å². The minimum atomic E-state index is -0.0351. The van der Waals surface area contributed by atoms with Crippen molar-refractivity contribution in [3.8, 4) is 0 Å². The molecule has 2 aromatic carbocycles. The molecule has 0 fully saturated rings. The summed E-state index contributed by atoms with van der Waals surface area (Å²) < 4.78 is 1.01. The lowest BCUT2D eigenvalue weighted by Gasteiger charge is -2.25. The van der Waals surface area contributed by atoms with Gasteiger partial charge in [0, 0.05) is 24.0 Å². The third kappa shape index (κ3) is 2.69. The average molecular weight is 330 g/mol. The van der Waals surface area contributed by atoms with Crippen LogP contribution in [0.1, 0.15) is 22.6 Å². The Hall–Kier alpha value is -1.45. The maximum Gasteiger partial charge on any atom is 0.146 e. The maximum absolute atomic E-state index is 12.6. The molecule has 0 spiro atoms. The molecule has 1 aliphatic rings. The van der Waals surface area contributed by atoms with Gasteiger partial charge in [0.2, 0.25) is 0 Å². The van der Waals surface area contributed by atoms with E-state index < -0.39 is 0 Å². The summed E-state index contributed by atoms with van der Waals surface area (Å²) in [7, 11) is 0. The summed E-state index contributed by atoms with van der Waals surface area (Å²) in [6, 6.07) is 16.2. The van der Waals surface area contributed by atoms with E-state index in [1.807, 2.05) is 36.4 Å². The molecule has 0 bridgehead atoms. The predicted molar refractivity (Wildman–Crippen MR) is 83.7 cm³/mol.